The minimum Gasteiger partial charge on any atom is -0.545 e. The Morgan fingerprint density at radius 2 is 2.25 bits per heavy atom. The molecule has 0 radical (unpaired) electrons. The Bertz CT molecular complexity index is 235. The Hall–Kier alpha value is 0.232. The number of hydrogen-bond acceptors (Lipinski definition) is 3. The summed E-state index contributed by atoms with van der Waals surface area (Å²) < 4.78 is 45.9. The number of amides is 1. The summed E-state index contributed by atoms with van der Waals surface area (Å²) in [5, 5.41) is 0. The molecule has 0 saturated carbocycles. The molecule has 1 aliphatic heterocycles. The van der Waals surface area contributed by atoms with Gasteiger partial charge in [0, 0.05) is 13.7 Å². The zero-order valence-electron chi connectivity index (χ0n) is 8.58. The topological polar surface area (TPSA) is 38.8 Å². The van der Waals surface area contributed by atoms with E-state index in [0.29, 0.717) is 4.90 Å². The van der Waals surface area contributed by atoms with E-state index in [-0.39, 0.29) is 50.8 Å². The first-order valence-corrected chi connectivity index (χ1v) is 4.27. The average molecular weight is 464 g/mol. The van der Waals surface area contributed by atoms with Crippen LogP contribution in [0.2, 0.25) is 0 Å². The van der Waals surface area contributed by atoms with E-state index in [1.54, 1.807) is 0 Å². The third-order valence-electron chi connectivity index (χ3n) is 1.89. The summed E-state index contributed by atoms with van der Waals surface area (Å²) in [7, 11) is 1.41. The zero-order chi connectivity index (χ0) is 11.5. The largest absolute Gasteiger partial charge is 2.00 e. The van der Waals surface area contributed by atoms with Gasteiger partial charge in [-0.1, -0.05) is 6.54 Å². The molecule has 0 aromatic rings. The Morgan fingerprint density at radius 3 is 2.75 bits per heavy atom. The fourth-order valence-electron chi connectivity index (χ4n) is 1.26. The Labute approximate surface area is 115 Å². The van der Waals surface area contributed by atoms with Crippen LogP contribution in [0.3, 0.4) is 0 Å². The van der Waals surface area contributed by atoms with Crippen molar-refractivity contribution in [2.45, 2.75) is 12.3 Å². The van der Waals surface area contributed by atoms with Gasteiger partial charge in [-0.05, 0) is 0 Å². The normalized spacial score (nSPS) is 21.5. The molecule has 0 aromatic heterocycles. The van der Waals surface area contributed by atoms with Crippen LogP contribution in [0, 0.1) is 37.7 Å². The van der Waals surface area contributed by atoms with Gasteiger partial charge in [0.15, 0.2) is 0 Å². The predicted octanol–water partition coefficient (Wildman–Crippen LogP) is 0.584. The second-order valence-electron chi connectivity index (χ2n) is 3.09. The Kier molecular flexibility index (Phi) is 6.94. The number of carbonyl (C=O) groups is 1. The number of hydrogen-bond donors (Lipinski definition) is 0. The standard InChI is InChI=1S/C8H11F3NO3.U/c1-14-5-6-4-12(2-3-15-6)7(13)8(9,10)11;/h3,6H,2,4-5H2,1H3;/q-1;+2. The van der Waals surface area contributed by atoms with Crippen molar-refractivity contribution in [2.75, 3.05) is 26.8 Å². The summed E-state index contributed by atoms with van der Waals surface area (Å²) in [5.74, 6) is -1.84. The number of rotatable bonds is 2. The first-order valence-electron chi connectivity index (χ1n) is 4.27. The van der Waals surface area contributed by atoms with Gasteiger partial charge in [-0.3, -0.25) is 4.79 Å². The fraction of sp³-hybridized carbons (Fsp3) is 0.750. The molecule has 0 spiro atoms. The maximum Gasteiger partial charge on any atom is 2.00 e. The van der Waals surface area contributed by atoms with E-state index in [1.807, 2.05) is 0 Å². The zero-order valence-corrected chi connectivity index (χ0v) is 12.7. The number of halogens is 3. The van der Waals surface area contributed by atoms with E-state index in [9.17, 15) is 18.0 Å². The molecule has 8 heteroatoms. The number of morpholine rings is 1. The van der Waals surface area contributed by atoms with Crippen molar-refractivity contribution in [3.8, 4) is 0 Å². The van der Waals surface area contributed by atoms with Gasteiger partial charge in [-0.15, -0.1) is 0 Å². The number of methoxy groups -OCH3 is 1. The van der Waals surface area contributed by atoms with Gasteiger partial charge in [0.1, 0.15) is 0 Å². The molecule has 1 saturated heterocycles. The minimum atomic E-state index is -4.83. The minimum absolute atomic E-state index is 0. The number of alkyl halides is 3. The van der Waals surface area contributed by atoms with Crippen molar-refractivity contribution < 1.29 is 58.6 Å². The number of ether oxygens (including phenoxy) is 2. The maximum absolute atomic E-state index is 12.1. The second kappa shape index (κ2) is 6.84. The van der Waals surface area contributed by atoms with Crippen molar-refractivity contribution in [1.82, 2.24) is 4.90 Å². The molecule has 16 heavy (non-hydrogen) atoms. The van der Waals surface area contributed by atoms with Crippen LogP contribution in [0.4, 0.5) is 13.2 Å². The van der Waals surface area contributed by atoms with Gasteiger partial charge in [-0.25, -0.2) is 0 Å². The molecule has 4 nitrogen and oxygen atoms in total. The van der Waals surface area contributed by atoms with Crippen LogP contribution >= 0.6 is 0 Å². The van der Waals surface area contributed by atoms with Crippen LogP contribution in [-0.4, -0.2) is 49.9 Å². The summed E-state index contributed by atoms with van der Waals surface area (Å²) in [4.78, 5) is 11.5. The Morgan fingerprint density at radius 1 is 1.62 bits per heavy atom. The van der Waals surface area contributed by atoms with Gasteiger partial charge >= 0.3 is 43.2 Å². The summed E-state index contributed by atoms with van der Waals surface area (Å²) in [6.07, 6.45) is -5.36. The number of nitrogens with zero attached hydrogens (tertiary/aromatic N) is 1. The van der Waals surface area contributed by atoms with Gasteiger partial charge in [-0.2, -0.15) is 19.8 Å². The molecule has 0 aliphatic carbocycles. The van der Waals surface area contributed by atoms with E-state index in [1.165, 1.54) is 13.7 Å². The summed E-state index contributed by atoms with van der Waals surface area (Å²) in [5.41, 5.74) is 0. The molecule has 1 rings (SSSR count). The van der Waals surface area contributed by atoms with E-state index in [0.717, 1.165) is 0 Å². The molecule has 0 bridgehead atoms. The first-order chi connectivity index (χ1) is 6.95. The SMILES string of the molecule is COCC1CN(C(=O)C(F)(F)F)C[CH-]O1.[U+2]. The van der Waals surface area contributed by atoms with Crippen LogP contribution in [0.5, 0.6) is 0 Å². The van der Waals surface area contributed by atoms with E-state index in [4.69, 9.17) is 9.47 Å². The van der Waals surface area contributed by atoms with Crippen LogP contribution in [0.15, 0.2) is 0 Å². The molecular formula is C8H11F3NO3U+. The van der Waals surface area contributed by atoms with Crippen molar-refractivity contribution in [3.63, 3.8) is 0 Å². The molecule has 1 unspecified atom stereocenters. The first kappa shape index (κ1) is 16.2. The average Bonchev–Trinajstić information content (AvgIpc) is 2.16. The van der Waals surface area contributed by atoms with Gasteiger partial charge < -0.3 is 14.4 Å². The monoisotopic (exact) mass is 464 g/mol. The summed E-state index contributed by atoms with van der Waals surface area (Å²) >= 11 is 0. The molecule has 1 aliphatic rings. The van der Waals surface area contributed by atoms with Crippen molar-refractivity contribution >= 4 is 5.91 Å². The second-order valence-corrected chi connectivity index (χ2v) is 3.09. The number of carbonyl (C=O) groups excluding carboxylic acids is 1. The predicted molar refractivity (Wildman–Crippen MR) is 43.7 cm³/mol. The molecule has 1 atom stereocenters. The third kappa shape index (κ3) is 4.62. The van der Waals surface area contributed by atoms with E-state index < -0.39 is 18.2 Å². The molecule has 0 aromatic carbocycles. The molecular weight excluding hydrogens is 453 g/mol. The Balaban J connectivity index is 0.00000225. The molecule has 1 fully saturated rings. The summed E-state index contributed by atoms with van der Waals surface area (Å²) in [6, 6.07) is 0. The van der Waals surface area contributed by atoms with E-state index >= 15 is 0 Å². The van der Waals surface area contributed by atoms with Crippen molar-refractivity contribution in [1.29, 1.82) is 0 Å². The molecule has 0 N–H and O–H groups in total. The smallest absolute Gasteiger partial charge is 0.545 e. The molecule has 1 amide bonds. The third-order valence-corrected chi connectivity index (χ3v) is 1.89. The summed E-state index contributed by atoms with van der Waals surface area (Å²) in [6.45, 7) is 1.07. The van der Waals surface area contributed by atoms with E-state index in [2.05, 4.69) is 0 Å². The van der Waals surface area contributed by atoms with Crippen LogP contribution < -0.4 is 0 Å². The van der Waals surface area contributed by atoms with Crippen LogP contribution in [0.25, 0.3) is 0 Å². The maximum atomic E-state index is 12.1. The van der Waals surface area contributed by atoms with Crippen LogP contribution in [0.1, 0.15) is 0 Å². The quantitative estimate of drug-likeness (QED) is 0.562. The van der Waals surface area contributed by atoms with Gasteiger partial charge in [0.05, 0.1) is 12.7 Å². The van der Waals surface area contributed by atoms with Gasteiger partial charge in [0.2, 0.25) is 0 Å². The van der Waals surface area contributed by atoms with Crippen LogP contribution in [-0.2, 0) is 14.3 Å². The van der Waals surface area contributed by atoms with Crippen molar-refractivity contribution in [2.24, 2.45) is 0 Å². The molecule has 90 valence electrons. The van der Waals surface area contributed by atoms with Crippen molar-refractivity contribution in [3.05, 3.63) is 6.61 Å². The van der Waals surface area contributed by atoms with Gasteiger partial charge in [0.25, 0.3) is 0 Å². The molecule has 1 heterocycles. The fourth-order valence-corrected chi connectivity index (χ4v) is 1.26.